The summed E-state index contributed by atoms with van der Waals surface area (Å²) in [5, 5.41) is 11.1. The molecule has 0 aliphatic carbocycles. The van der Waals surface area contributed by atoms with E-state index in [2.05, 4.69) is 9.97 Å². The van der Waals surface area contributed by atoms with Crippen LogP contribution in [0, 0.1) is 0 Å². The van der Waals surface area contributed by atoms with Crippen LogP contribution in [-0.4, -0.2) is 26.8 Å². The van der Waals surface area contributed by atoms with Gasteiger partial charge in [0.25, 0.3) is 0 Å². The summed E-state index contributed by atoms with van der Waals surface area (Å²) in [6.07, 6.45) is 0. The minimum absolute atomic E-state index is 0.163. The predicted octanol–water partition coefficient (Wildman–Crippen LogP) is 2.17. The SMILES string of the molecule is CC(=O)c1sc(-c2cscn2)nc1C(=O)O. The molecular weight excluding hydrogens is 248 g/mol. The molecule has 2 rings (SSSR count). The molecule has 0 aliphatic rings. The number of hydrogen-bond acceptors (Lipinski definition) is 6. The van der Waals surface area contributed by atoms with E-state index in [0.29, 0.717) is 10.7 Å². The summed E-state index contributed by atoms with van der Waals surface area (Å²) < 4.78 is 0. The Kier molecular flexibility index (Phi) is 2.80. The van der Waals surface area contributed by atoms with Gasteiger partial charge in [-0.1, -0.05) is 0 Å². The summed E-state index contributed by atoms with van der Waals surface area (Å²) in [6, 6.07) is 0. The summed E-state index contributed by atoms with van der Waals surface area (Å²) in [7, 11) is 0. The van der Waals surface area contributed by atoms with Gasteiger partial charge in [0.15, 0.2) is 11.5 Å². The Balaban J connectivity index is 2.55. The average Bonchev–Trinajstić information content (AvgIpc) is 2.86. The zero-order valence-electron chi connectivity index (χ0n) is 8.13. The van der Waals surface area contributed by atoms with Crippen LogP contribution in [0.25, 0.3) is 10.7 Å². The van der Waals surface area contributed by atoms with Crippen LogP contribution in [0.3, 0.4) is 0 Å². The van der Waals surface area contributed by atoms with Crippen molar-refractivity contribution in [3.05, 3.63) is 21.5 Å². The van der Waals surface area contributed by atoms with Crippen molar-refractivity contribution in [2.45, 2.75) is 6.92 Å². The maximum Gasteiger partial charge on any atom is 0.356 e. The van der Waals surface area contributed by atoms with Crippen LogP contribution in [0.15, 0.2) is 10.9 Å². The highest BCUT2D eigenvalue weighted by atomic mass is 32.1. The van der Waals surface area contributed by atoms with Gasteiger partial charge in [0.2, 0.25) is 0 Å². The standard InChI is InChI=1S/C9H6N2O3S2/c1-4(12)7-6(9(13)14)11-8(16-7)5-2-15-3-10-5/h2-3H,1H3,(H,13,14). The molecule has 16 heavy (non-hydrogen) atoms. The molecule has 1 N–H and O–H groups in total. The number of carbonyl (C=O) groups is 2. The summed E-state index contributed by atoms with van der Waals surface area (Å²) in [6.45, 7) is 1.32. The molecule has 0 saturated carbocycles. The number of Topliss-reactive ketones (excluding diaryl/α,β-unsaturated/α-hetero) is 1. The van der Waals surface area contributed by atoms with E-state index < -0.39 is 5.97 Å². The van der Waals surface area contributed by atoms with Gasteiger partial charge in [-0.2, -0.15) is 0 Å². The van der Waals surface area contributed by atoms with Gasteiger partial charge in [-0.15, -0.1) is 22.7 Å². The monoisotopic (exact) mass is 254 g/mol. The van der Waals surface area contributed by atoms with E-state index in [1.807, 2.05) is 0 Å². The Morgan fingerprint density at radius 2 is 2.19 bits per heavy atom. The largest absolute Gasteiger partial charge is 0.476 e. The molecule has 82 valence electrons. The Bertz CT molecular complexity index is 514. The molecule has 0 radical (unpaired) electrons. The number of ketones is 1. The van der Waals surface area contributed by atoms with E-state index in [1.54, 1.807) is 10.9 Å². The molecule has 2 aromatic rings. The lowest BCUT2D eigenvalue weighted by atomic mass is 10.3. The highest BCUT2D eigenvalue weighted by Gasteiger charge is 2.21. The van der Waals surface area contributed by atoms with Gasteiger partial charge in [-0.25, -0.2) is 14.8 Å². The molecule has 0 unspecified atom stereocenters. The second-order valence-electron chi connectivity index (χ2n) is 2.93. The number of carboxylic acids is 1. The van der Waals surface area contributed by atoms with Crippen molar-refractivity contribution in [3.63, 3.8) is 0 Å². The summed E-state index contributed by atoms with van der Waals surface area (Å²) in [4.78, 5) is 30.2. The Morgan fingerprint density at radius 1 is 1.44 bits per heavy atom. The van der Waals surface area contributed by atoms with Crippen molar-refractivity contribution in [1.82, 2.24) is 9.97 Å². The van der Waals surface area contributed by atoms with E-state index in [1.165, 1.54) is 18.3 Å². The van der Waals surface area contributed by atoms with Crippen molar-refractivity contribution in [2.75, 3.05) is 0 Å². The van der Waals surface area contributed by atoms with Gasteiger partial charge < -0.3 is 5.11 Å². The third-order valence-corrected chi connectivity index (χ3v) is 3.57. The molecule has 0 aromatic carbocycles. The van der Waals surface area contributed by atoms with E-state index in [-0.39, 0.29) is 16.4 Å². The molecule has 0 fully saturated rings. The van der Waals surface area contributed by atoms with Crippen LogP contribution >= 0.6 is 22.7 Å². The average molecular weight is 254 g/mol. The maximum absolute atomic E-state index is 11.2. The number of aromatic nitrogens is 2. The predicted molar refractivity (Wildman–Crippen MR) is 60.2 cm³/mol. The molecule has 2 aromatic heterocycles. The van der Waals surface area contributed by atoms with Crippen molar-refractivity contribution in [1.29, 1.82) is 0 Å². The first-order valence-electron chi connectivity index (χ1n) is 4.23. The van der Waals surface area contributed by atoms with Crippen molar-refractivity contribution >= 4 is 34.4 Å². The highest BCUT2D eigenvalue weighted by molar-refractivity contribution is 7.17. The van der Waals surface area contributed by atoms with E-state index in [9.17, 15) is 9.59 Å². The summed E-state index contributed by atoms with van der Waals surface area (Å²) in [5.74, 6) is -1.49. The molecule has 5 nitrogen and oxygen atoms in total. The third-order valence-electron chi connectivity index (χ3n) is 1.80. The lowest BCUT2D eigenvalue weighted by Gasteiger charge is -1.89. The van der Waals surface area contributed by atoms with Crippen molar-refractivity contribution in [3.8, 4) is 10.7 Å². The molecule has 0 aliphatic heterocycles. The van der Waals surface area contributed by atoms with E-state index in [4.69, 9.17) is 5.11 Å². The second kappa shape index (κ2) is 4.11. The number of carboxylic acid groups (broad SMARTS) is 1. The number of carbonyl (C=O) groups excluding carboxylic acids is 1. The van der Waals surface area contributed by atoms with Gasteiger partial charge in [-0.05, 0) is 0 Å². The first-order valence-corrected chi connectivity index (χ1v) is 5.99. The topological polar surface area (TPSA) is 80.2 Å². The fourth-order valence-electron chi connectivity index (χ4n) is 1.13. The number of nitrogens with zero attached hydrogens (tertiary/aromatic N) is 2. The lowest BCUT2D eigenvalue weighted by Crippen LogP contribution is -2.03. The highest BCUT2D eigenvalue weighted by Crippen LogP contribution is 2.28. The van der Waals surface area contributed by atoms with Crippen LogP contribution in [0.1, 0.15) is 27.1 Å². The Hall–Kier alpha value is -1.60. The van der Waals surface area contributed by atoms with Gasteiger partial charge >= 0.3 is 5.97 Å². The van der Waals surface area contributed by atoms with Crippen molar-refractivity contribution < 1.29 is 14.7 Å². The zero-order valence-corrected chi connectivity index (χ0v) is 9.76. The fourth-order valence-corrected chi connectivity index (χ4v) is 2.66. The molecule has 0 spiro atoms. The zero-order chi connectivity index (χ0) is 11.7. The van der Waals surface area contributed by atoms with Gasteiger partial charge in [-0.3, -0.25) is 4.79 Å². The van der Waals surface area contributed by atoms with Crippen LogP contribution in [0.2, 0.25) is 0 Å². The van der Waals surface area contributed by atoms with Crippen LogP contribution in [-0.2, 0) is 0 Å². The minimum atomic E-state index is -1.19. The summed E-state index contributed by atoms with van der Waals surface area (Å²) in [5.41, 5.74) is 2.04. The van der Waals surface area contributed by atoms with Gasteiger partial charge in [0, 0.05) is 12.3 Å². The molecule has 7 heteroatoms. The third kappa shape index (κ3) is 1.86. The number of rotatable bonds is 3. The quantitative estimate of drug-likeness (QED) is 0.849. The van der Waals surface area contributed by atoms with Crippen LogP contribution in [0.4, 0.5) is 0 Å². The maximum atomic E-state index is 11.2. The van der Waals surface area contributed by atoms with E-state index in [0.717, 1.165) is 11.3 Å². The minimum Gasteiger partial charge on any atom is -0.476 e. The first-order chi connectivity index (χ1) is 7.59. The molecule has 0 amide bonds. The lowest BCUT2D eigenvalue weighted by molar-refractivity contribution is 0.0687. The molecule has 2 heterocycles. The normalized spacial score (nSPS) is 10.3. The fraction of sp³-hybridized carbons (Fsp3) is 0.111. The van der Waals surface area contributed by atoms with Gasteiger partial charge in [0.05, 0.1) is 5.51 Å². The second-order valence-corrected chi connectivity index (χ2v) is 4.65. The molecule has 0 saturated heterocycles. The smallest absolute Gasteiger partial charge is 0.356 e. The number of aromatic carboxylic acids is 1. The Labute approximate surface area is 98.4 Å². The molecule has 0 bridgehead atoms. The first kappa shape index (κ1) is 10.9. The number of hydrogen-bond donors (Lipinski definition) is 1. The summed E-state index contributed by atoms with van der Waals surface area (Å²) >= 11 is 2.45. The van der Waals surface area contributed by atoms with Crippen LogP contribution < -0.4 is 0 Å². The van der Waals surface area contributed by atoms with Crippen LogP contribution in [0.5, 0.6) is 0 Å². The molecular formula is C9H6N2O3S2. The van der Waals surface area contributed by atoms with Gasteiger partial charge in [0.1, 0.15) is 15.6 Å². The van der Waals surface area contributed by atoms with E-state index >= 15 is 0 Å². The number of thiazole rings is 2. The van der Waals surface area contributed by atoms with Crippen molar-refractivity contribution in [2.24, 2.45) is 0 Å². The Morgan fingerprint density at radius 3 is 2.62 bits per heavy atom. The molecule has 0 atom stereocenters.